The molecule has 0 aliphatic carbocycles. The number of allylic oxidation sites excluding steroid dienone is 1. The summed E-state index contributed by atoms with van der Waals surface area (Å²) in [4.78, 5) is 0. The van der Waals surface area contributed by atoms with Crippen LogP contribution in [0.5, 0.6) is 0 Å². The van der Waals surface area contributed by atoms with E-state index in [-0.39, 0.29) is 0 Å². The summed E-state index contributed by atoms with van der Waals surface area (Å²) in [5.41, 5.74) is 4.18. The quantitative estimate of drug-likeness (QED) is 0.580. The highest BCUT2D eigenvalue weighted by molar-refractivity contribution is 5.31. The first kappa shape index (κ1) is 14.0. The summed E-state index contributed by atoms with van der Waals surface area (Å²) >= 11 is 0. The Morgan fingerprint density at radius 2 is 1.94 bits per heavy atom. The largest absolute Gasteiger partial charge is 0.314 e. The van der Waals surface area contributed by atoms with Crippen LogP contribution in [0.15, 0.2) is 30.4 Å². The highest BCUT2D eigenvalue weighted by Crippen LogP contribution is 2.11. The maximum absolute atomic E-state index is 3.41. The molecule has 0 saturated carbocycles. The van der Waals surface area contributed by atoms with E-state index >= 15 is 0 Å². The normalized spacial score (nSPS) is 11.6. The second kappa shape index (κ2) is 7.29. The molecule has 1 rings (SSSR count). The molecule has 0 aliphatic rings. The van der Waals surface area contributed by atoms with Gasteiger partial charge in [0.15, 0.2) is 0 Å². The summed E-state index contributed by atoms with van der Waals surface area (Å²) in [5, 5.41) is 3.41. The molecular formula is C16H25N. The molecule has 1 heteroatoms. The van der Waals surface area contributed by atoms with Crippen LogP contribution in [0.2, 0.25) is 0 Å². The number of nitrogens with one attached hydrogen (secondary N) is 1. The molecule has 1 nitrogen and oxygen atoms in total. The fourth-order valence-corrected chi connectivity index (χ4v) is 1.80. The molecule has 1 aromatic carbocycles. The lowest BCUT2D eigenvalue weighted by atomic mass is 10.0. The fraction of sp³-hybridized carbons (Fsp3) is 0.500. The van der Waals surface area contributed by atoms with E-state index in [1.807, 2.05) is 0 Å². The van der Waals surface area contributed by atoms with Crippen molar-refractivity contribution in [3.63, 3.8) is 0 Å². The van der Waals surface area contributed by atoms with Crippen molar-refractivity contribution in [1.82, 2.24) is 5.32 Å². The van der Waals surface area contributed by atoms with Crippen molar-refractivity contribution >= 4 is 0 Å². The van der Waals surface area contributed by atoms with Crippen LogP contribution in [0.25, 0.3) is 0 Å². The first-order chi connectivity index (χ1) is 8.09. The van der Waals surface area contributed by atoms with Crippen LogP contribution in [0.3, 0.4) is 0 Å². The molecule has 0 radical (unpaired) electrons. The lowest BCUT2D eigenvalue weighted by molar-refractivity contribution is 0.594. The molecule has 0 bridgehead atoms. The lowest BCUT2D eigenvalue weighted by Crippen LogP contribution is -2.23. The minimum Gasteiger partial charge on any atom is -0.314 e. The van der Waals surface area contributed by atoms with Gasteiger partial charge in [-0.3, -0.25) is 0 Å². The average molecular weight is 231 g/mol. The molecule has 0 spiro atoms. The minimum atomic E-state index is 0.586. The Bertz CT molecular complexity index is 364. The monoisotopic (exact) mass is 231 g/mol. The summed E-state index contributed by atoms with van der Waals surface area (Å²) in [6.07, 6.45) is 6.72. The van der Waals surface area contributed by atoms with Gasteiger partial charge in [-0.2, -0.15) is 0 Å². The van der Waals surface area contributed by atoms with Gasteiger partial charge < -0.3 is 5.32 Å². The standard InChI is InChI=1S/C16H25N/c1-13(2)17-11-7-5-6-8-16-12-14(3)9-10-15(16)4/h5-6,9-10,12-13,17H,7-8,11H2,1-4H3. The molecule has 0 aliphatic heterocycles. The maximum atomic E-state index is 3.41. The maximum Gasteiger partial charge on any atom is 0.00105 e. The molecule has 0 fully saturated rings. The van der Waals surface area contributed by atoms with E-state index in [4.69, 9.17) is 0 Å². The van der Waals surface area contributed by atoms with Gasteiger partial charge in [0, 0.05) is 6.04 Å². The van der Waals surface area contributed by atoms with Crippen molar-refractivity contribution in [2.75, 3.05) is 6.54 Å². The van der Waals surface area contributed by atoms with Crippen LogP contribution in [0.4, 0.5) is 0 Å². The number of aryl methyl sites for hydroxylation is 2. The van der Waals surface area contributed by atoms with Crippen molar-refractivity contribution in [2.45, 2.75) is 46.6 Å². The van der Waals surface area contributed by atoms with E-state index < -0.39 is 0 Å². The Hall–Kier alpha value is -1.08. The summed E-state index contributed by atoms with van der Waals surface area (Å²) in [6.45, 7) is 9.77. The fourth-order valence-electron chi connectivity index (χ4n) is 1.80. The number of rotatable bonds is 6. The molecule has 0 atom stereocenters. The van der Waals surface area contributed by atoms with E-state index in [2.05, 4.69) is 63.4 Å². The third-order valence-corrected chi connectivity index (χ3v) is 2.87. The van der Waals surface area contributed by atoms with Gasteiger partial charge >= 0.3 is 0 Å². The third kappa shape index (κ3) is 5.69. The predicted molar refractivity (Wildman–Crippen MR) is 76.5 cm³/mol. The van der Waals surface area contributed by atoms with Crippen LogP contribution in [0, 0.1) is 13.8 Å². The van der Waals surface area contributed by atoms with Crippen LogP contribution < -0.4 is 5.32 Å². The van der Waals surface area contributed by atoms with Crippen molar-refractivity contribution in [1.29, 1.82) is 0 Å². The second-order valence-corrected chi connectivity index (χ2v) is 5.00. The number of hydrogen-bond donors (Lipinski definition) is 1. The molecular weight excluding hydrogens is 206 g/mol. The lowest BCUT2D eigenvalue weighted by Gasteiger charge is -2.05. The summed E-state index contributed by atoms with van der Waals surface area (Å²) in [7, 11) is 0. The second-order valence-electron chi connectivity index (χ2n) is 5.00. The topological polar surface area (TPSA) is 12.0 Å². The zero-order valence-corrected chi connectivity index (χ0v) is 11.6. The summed E-state index contributed by atoms with van der Waals surface area (Å²) < 4.78 is 0. The minimum absolute atomic E-state index is 0.586. The molecule has 0 saturated heterocycles. The van der Waals surface area contributed by atoms with Crippen LogP contribution in [-0.2, 0) is 6.42 Å². The Kier molecular flexibility index (Phi) is 5.99. The third-order valence-electron chi connectivity index (χ3n) is 2.87. The SMILES string of the molecule is Cc1ccc(C)c(CC=CCCNC(C)C)c1. The zero-order chi connectivity index (χ0) is 12.7. The highest BCUT2D eigenvalue weighted by Gasteiger charge is 1.95. The molecule has 17 heavy (non-hydrogen) atoms. The van der Waals surface area contributed by atoms with E-state index in [9.17, 15) is 0 Å². The van der Waals surface area contributed by atoms with Gasteiger partial charge in [-0.05, 0) is 44.4 Å². The van der Waals surface area contributed by atoms with Crippen molar-refractivity contribution < 1.29 is 0 Å². The van der Waals surface area contributed by atoms with Crippen molar-refractivity contribution in [2.24, 2.45) is 0 Å². The zero-order valence-electron chi connectivity index (χ0n) is 11.6. The Balaban J connectivity index is 2.34. The highest BCUT2D eigenvalue weighted by atomic mass is 14.9. The number of hydrogen-bond acceptors (Lipinski definition) is 1. The van der Waals surface area contributed by atoms with E-state index in [1.165, 1.54) is 16.7 Å². The average Bonchev–Trinajstić information content (AvgIpc) is 2.27. The van der Waals surface area contributed by atoms with Crippen molar-refractivity contribution in [3.05, 3.63) is 47.0 Å². The van der Waals surface area contributed by atoms with E-state index in [0.717, 1.165) is 19.4 Å². The van der Waals surface area contributed by atoms with Gasteiger partial charge in [-0.1, -0.05) is 49.8 Å². The van der Waals surface area contributed by atoms with Gasteiger partial charge in [0.1, 0.15) is 0 Å². The van der Waals surface area contributed by atoms with Gasteiger partial charge in [-0.15, -0.1) is 0 Å². The molecule has 94 valence electrons. The predicted octanol–water partition coefficient (Wildman–Crippen LogP) is 3.79. The summed E-state index contributed by atoms with van der Waals surface area (Å²) in [6, 6.07) is 7.25. The summed E-state index contributed by atoms with van der Waals surface area (Å²) in [5.74, 6) is 0. The van der Waals surface area contributed by atoms with Gasteiger partial charge in [0.2, 0.25) is 0 Å². The smallest absolute Gasteiger partial charge is 0.00105 e. The molecule has 1 N–H and O–H groups in total. The molecule has 0 unspecified atom stereocenters. The number of benzene rings is 1. The Morgan fingerprint density at radius 3 is 2.65 bits per heavy atom. The van der Waals surface area contributed by atoms with Gasteiger partial charge in [0.25, 0.3) is 0 Å². The molecule has 0 heterocycles. The van der Waals surface area contributed by atoms with Crippen LogP contribution >= 0.6 is 0 Å². The first-order valence-corrected chi connectivity index (χ1v) is 6.54. The van der Waals surface area contributed by atoms with Crippen LogP contribution in [0.1, 0.15) is 37.0 Å². The van der Waals surface area contributed by atoms with Crippen molar-refractivity contribution in [3.8, 4) is 0 Å². The van der Waals surface area contributed by atoms with Gasteiger partial charge in [-0.25, -0.2) is 0 Å². The Morgan fingerprint density at radius 1 is 1.18 bits per heavy atom. The van der Waals surface area contributed by atoms with E-state index in [0.29, 0.717) is 6.04 Å². The first-order valence-electron chi connectivity index (χ1n) is 6.54. The molecule has 0 amide bonds. The molecule has 0 aromatic heterocycles. The van der Waals surface area contributed by atoms with Gasteiger partial charge in [0.05, 0.1) is 0 Å². The van der Waals surface area contributed by atoms with E-state index in [1.54, 1.807) is 0 Å². The molecule has 1 aromatic rings. The van der Waals surface area contributed by atoms with Crippen LogP contribution in [-0.4, -0.2) is 12.6 Å². The Labute approximate surface area is 106 Å².